The summed E-state index contributed by atoms with van der Waals surface area (Å²) < 4.78 is 5.76. The van der Waals surface area contributed by atoms with Gasteiger partial charge in [-0.3, -0.25) is 4.79 Å². The number of nitrogens with two attached hydrogens (primary N) is 1. The summed E-state index contributed by atoms with van der Waals surface area (Å²) >= 11 is 0. The molecule has 0 spiro atoms. The fourth-order valence-corrected chi connectivity index (χ4v) is 2.98. The summed E-state index contributed by atoms with van der Waals surface area (Å²) in [6.45, 7) is 6.90. The fraction of sp³-hybridized carbons (Fsp3) is 0.611. The zero-order valence-electron chi connectivity index (χ0n) is 13.7. The summed E-state index contributed by atoms with van der Waals surface area (Å²) in [4.78, 5) is 14.4. The largest absolute Gasteiger partial charge is 0.479 e. The summed E-state index contributed by atoms with van der Waals surface area (Å²) in [6.07, 6.45) is 2.99. The molecule has 1 amide bonds. The lowest BCUT2D eigenvalue weighted by molar-refractivity contribution is -0.125. The van der Waals surface area contributed by atoms with Crippen LogP contribution in [-0.2, 0) is 4.79 Å². The van der Waals surface area contributed by atoms with Crippen LogP contribution >= 0.6 is 0 Å². The molecule has 0 bridgehead atoms. The molecule has 1 aromatic carbocycles. The van der Waals surface area contributed by atoms with E-state index < -0.39 is 6.10 Å². The van der Waals surface area contributed by atoms with Crippen molar-refractivity contribution in [2.24, 2.45) is 17.6 Å². The van der Waals surface area contributed by atoms with Crippen molar-refractivity contribution in [3.8, 4) is 5.75 Å². The summed E-state index contributed by atoms with van der Waals surface area (Å²) in [5.74, 6) is 2.00. The van der Waals surface area contributed by atoms with Crippen molar-refractivity contribution in [1.29, 1.82) is 0 Å². The van der Waals surface area contributed by atoms with E-state index in [-0.39, 0.29) is 11.9 Å². The Bertz CT molecular complexity index is 566. The minimum Gasteiger partial charge on any atom is -0.479 e. The van der Waals surface area contributed by atoms with Crippen LogP contribution in [0.15, 0.2) is 18.2 Å². The standard InChI is InChI=1S/C18H26N2O2/c1-11(2)8-9-20-15-10-14(17(19)13-4-5-13)6-7-16(15)22-12(3)18(20)21/h6-7,10-13,17H,4-5,8-9,19H2,1-3H3. The molecule has 2 unspecified atom stereocenters. The first-order chi connectivity index (χ1) is 10.5. The summed E-state index contributed by atoms with van der Waals surface area (Å²) in [5, 5.41) is 0. The van der Waals surface area contributed by atoms with Crippen molar-refractivity contribution in [3.63, 3.8) is 0 Å². The van der Waals surface area contributed by atoms with Gasteiger partial charge in [-0.05, 0) is 55.7 Å². The van der Waals surface area contributed by atoms with Crippen molar-refractivity contribution >= 4 is 11.6 Å². The number of rotatable bonds is 5. The molecule has 0 radical (unpaired) electrons. The zero-order valence-corrected chi connectivity index (χ0v) is 13.7. The molecular weight excluding hydrogens is 276 g/mol. The highest BCUT2D eigenvalue weighted by molar-refractivity contribution is 5.99. The van der Waals surface area contributed by atoms with Gasteiger partial charge in [0.1, 0.15) is 5.75 Å². The first-order valence-electron chi connectivity index (χ1n) is 8.35. The van der Waals surface area contributed by atoms with E-state index in [4.69, 9.17) is 10.5 Å². The van der Waals surface area contributed by atoms with Gasteiger partial charge in [0.25, 0.3) is 5.91 Å². The molecule has 1 aliphatic carbocycles. The molecule has 4 nitrogen and oxygen atoms in total. The minimum absolute atomic E-state index is 0.0466. The normalized spacial score (nSPS) is 22.5. The summed E-state index contributed by atoms with van der Waals surface area (Å²) in [5.41, 5.74) is 8.32. The van der Waals surface area contributed by atoms with Crippen LogP contribution in [0.3, 0.4) is 0 Å². The second kappa shape index (κ2) is 5.92. The molecule has 1 aromatic rings. The Morgan fingerprint density at radius 2 is 2.09 bits per heavy atom. The van der Waals surface area contributed by atoms with E-state index in [1.54, 1.807) is 0 Å². The molecule has 1 saturated carbocycles. The number of anilines is 1. The van der Waals surface area contributed by atoms with Gasteiger partial charge in [-0.2, -0.15) is 0 Å². The van der Waals surface area contributed by atoms with E-state index >= 15 is 0 Å². The number of carbonyl (C=O) groups is 1. The highest BCUT2D eigenvalue weighted by atomic mass is 16.5. The lowest BCUT2D eigenvalue weighted by Gasteiger charge is -2.34. The van der Waals surface area contributed by atoms with Crippen LogP contribution in [0.25, 0.3) is 0 Å². The van der Waals surface area contributed by atoms with Crippen molar-refractivity contribution in [2.75, 3.05) is 11.4 Å². The molecule has 120 valence electrons. The van der Waals surface area contributed by atoms with Crippen molar-refractivity contribution in [1.82, 2.24) is 0 Å². The van der Waals surface area contributed by atoms with Crippen molar-refractivity contribution < 1.29 is 9.53 Å². The lowest BCUT2D eigenvalue weighted by atomic mass is 10.0. The van der Waals surface area contributed by atoms with Crippen LogP contribution in [0, 0.1) is 11.8 Å². The van der Waals surface area contributed by atoms with E-state index in [0.29, 0.717) is 11.8 Å². The molecule has 0 saturated heterocycles. The molecular formula is C18H26N2O2. The summed E-state index contributed by atoms with van der Waals surface area (Å²) in [7, 11) is 0. The predicted molar refractivity (Wildman–Crippen MR) is 88.0 cm³/mol. The van der Waals surface area contributed by atoms with Gasteiger partial charge in [-0.15, -0.1) is 0 Å². The minimum atomic E-state index is -0.414. The molecule has 22 heavy (non-hydrogen) atoms. The molecule has 1 fully saturated rings. The smallest absolute Gasteiger partial charge is 0.267 e. The number of hydrogen-bond acceptors (Lipinski definition) is 3. The van der Waals surface area contributed by atoms with E-state index in [2.05, 4.69) is 19.9 Å². The number of hydrogen-bond donors (Lipinski definition) is 1. The van der Waals surface area contributed by atoms with Gasteiger partial charge in [0.05, 0.1) is 5.69 Å². The molecule has 2 aliphatic rings. The number of ether oxygens (including phenoxy) is 1. The molecule has 2 atom stereocenters. The quantitative estimate of drug-likeness (QED) is 0.908. The van der Waals surface area contributed by atoms with Crippen molar-refractivity contribution in [2.45, 2.75) is 52.2 Å². The highest BCUT2D eigenvalue weighted by Gasteiger charge is 2.34. The van der Waals surface area contributed by atoms with Gasteiger partial charge in [0.15, 0.2) is 6.10 Å². The Morgan fingerprint density at radius 1 is 1.36 bits per heavy atom. The van der Waals surface area contributed by atoms with Crippen LogP contribution < -0.4 is 15.4 Å². The SMILES string of the molecule is CC(C)CCN1C(=O)C(C)Oc2ccc(C(N)C3CC3)cc21. The van der Waals surface area contributed by atoms with E-state index in [1.807, 2.05) is 24.0 Å². The second-order valence-electron chi connectivity index (χ2n) is 7.02. The number of benzene rings is 1. The number of nitrogens with zero attached hydrogens (tertiary/aromatic N) is 1. The Hall–Kier alpha value is -1.55. The monoisotopic (exact) mass is 302 g/mol. The average molecular weight is 302 g/mol. The van der Waals surface area contributed by atoms with Gasteiger partial charge in [0, 0.05) is 12.6 Å². The number of fused-ring (bicyclic) bond motifs is 1. The first-order valence-corrected chi connectivity index (χ1v) is 8.35. The van der Waals surface area contributed by atoms with Gasteiger partial charge >= 0.3 is 0 Å². The second-order valence-corrected chi connectivity index (χ2v) is 7.02. The van der Waals surface area contributed by atoms with Crippen LogP contribution in [-0.4, -0.2) is 18.6 Å². The molecule has 4 heteroatoms. The average Bonchev–Trinajstić information content (AvgIpc) is 3.31. The lowest BCUT2D eigenvalue weighted by Crippen LogP contribution is -2.45. The molecule has 2 N–H and O–H groups in total. The van der Waals surface area contributed by atoms with Crippen LogP contribution in [0.5, 0.6) is 5.75 Å². The maximum atomic E-state index is 12.5. The number of carbonyl (C=O) groups excluding carboxylic acids is 1. The van der Waals surface area contributed by atoms with Crippen LogP contribution in [0.1, 0.15) is 51.6 Å². The van der Waals surface area contributed by atoms with E-state index in [0.717, 1.165) is 30.0 Å². The third kappa shape index (κ3) is 2.98. The fourth-order valence-electron chi connectivity index (χ4n) is 2.98. The van der Waals surface area contributed by atoms with Gasteiger partial charge in [0.2, 0.25) is 0 Å². The Morgan fingerprint density at radius 3 is 2.73 bits per heavy atom. The summed E-state index contributed by atoms with van der Waals surface area (Å²) in [6, 6.07) is 6.15. The van der Waals surface area contributed by atoms with Gasteiger partial charge < -0.3 is 15.4 Å². The third-order valence-electron chi connectivity index (χ3n) is 4.64. The third-order valence-corrected chi connectivity index (χ3v) is 4.64. The Balaban J connectivity index is 1.90. The molecule has 1 aliphatic heterocycles. The van der Waals surface area contributed by atoms with Crippen LogP contribution in [0.2, 0.25) is 0 Å². The molecule has 3 rings (SSSR count). The topological polar surface area (TPSA) is 55.6 Å². The number of amides is 1. The van der Waals surface area contributed by atoms with E-state index in [9.17, 15) is 4.79 Å². The Kier molecular flexibility index (Phi) is 4.13. The van der Waals surface area contributed by atoms with Gasteiger partial charge in [-0.1, -0.05) is 19.9 Å². The van der Waals surface area contributed by atoms with Gasteiger partial charge in [-0.25, -0.2) is 0 Å². The highest BCUT2D eigenvalue weighted by Crippen LogP contribution is 2.42. The zero-order chi connectivity index (χ0) is 15.9. The molecule has 1 heterocycles. The van der Waals surface area contributed by atoms with E-state index in [1.165, 1.54) is 12.8 Å². The maximum absolute atomic E-state index is 12.5. The maximum Gasteiger partial charge on any atom is 0.267 e. The predicted octanol–water partition coefficient (Wildman–Crippen LogP) is 3.26. The van der Waals surface area contributed by atoms with Crippen LogP contribution in [0.4, 0.5) is 5.69 Å². The molecule has 0 aromatic heterocycles. The van der Waals surface area contributed by atoms with Crippen molar-refractivity contribution in [3.05, 3.63) is 23.8 Å². The Labute approximate surface area is 132 Å². The first kappa shape index (κ1) is 15.3.